The van der Waals surface area contributed by atoms with E-state index in [1.165, 1.54) is 0 Å². The van der Waals surface area contributed by atoms with Crippen LogP contribution in [0.1, 0.15) is 25.7 Å². The van der Waals surface area contributed by atoms with Crippen molar-refractivity contribution < 1.29 is 14.7 Å². The van der Waals surface area contributed by atoms with E-state index in [9.17, 15) is 9.59 Å². The second-order valence-electron chi connectivity index (χ2n) is 3.86. The molecule has 2 aliphatic carbocycles. The minimum absolute atomic E-state index is 0.00477. The van der Waals surface area contributed by atoms with Crippen LogP contribution in [0.4, 0.5) is 0 Å². The quantitative estimate of drug-likeness (QED) is 0.452. The van der Waals surface area contributed by atoms with E-state index >= 15 is 0 Å². The van der Waals surface area contributed by atoms with Crippen LogP contribution in [0.25, 0.3) is 0 Å². The number of carbonyl (C=O) groups excluding carboxylic acids is 2. The molecule has 2 saturated carbocycles. The molecule has 1 N–H and O–H groups in total. The summed E-state index contributed by atoms with van der Waals surface area (Å²) in [4.78, 5) is 22.9. The van der Waals surface area contributed by atoms with Crippen molar-refractivity contribution in [2.24, 2.45) is 11.8 Å². The van der Waals surface area contributed by atoms with Crippen molar-refractivity contribution in [3.05, 3.63) is 11.8 Å². The molecule has 0 heterocycles. The van der Waals surface area contributed by atoms with Crippen molar-refractivity contribution >= 4 is 11.6 Å². The Morgan fingerprint density at radius 1 is 1.31 bits per heavy atom. The summed E-state index contributed by atoms with van der Waals surface area (Å²) in [6, 6.07) is 0. The number of ketones is 2. The molecule has 0 amide bonds. The molecule has 2 fully saturated rings. The standard InChI is InChI=1S/C10H12O3/c11-5-8-4-7-3-6(10(8)13)1-2-9(7)12/h5-7,11H,1-4H2/b8-5-. The Hall–Kier alpha value is -1.12. The summed E-state index contributed by atoms with van der Waals surface area (Å²) in [7, 11) is 0. The lowest BCUT2D eigenvalue weighted by atomic mass is 9.69. The highest BCUT2D eigenvalue weighted by atomic mass is 16.2. The molecular formula is C10H12O3. The predicted octanol–water partition coefficient (Wildman–Crippen LogP) is 1.39. The molecule has 2 rings (SSSR count). The zero-order chi connectivity index (χ0) is 9.42. The normalized spacial score (nSPS) is 36.8. The second-order valence-corrected chi connectivity index (χ2v) is 3.86. The van der Waals surface area contributed by atoms with Crippen molar-refractivity contribution in [1.82, 2.24) is 0 Å². The third-order valence-corrected chi connectivity index (χ3v) is 3.07. The van der Waals surface area contributed by atoms with Crippen LogP contribution in [-0.2, 0) is 9.59 Å². The van der Waals surface area contributed by atoms with Gasteiger partial charge in [0.1, 0.15) is 5.78 Å². The fourth-order valence-electron chi connectivity index (χ4n) is 2.29. The highest BCUT2D eigenvalue weighted by Gasteiger charge is 2.39. The molecule has 2 unspecified atom stereocenters. The summed E-state index contributed by atoms with van der Waals surface area (Å²) in [5.41, 5.74) is 0.439. The fraction of sp³-hybridized carbons (Fsp3) is 0.600. The van der Waals surface area contributed by atoms with E-state index in [4.69, 9.17) is 5.11 Å². The van der Waals surface area contributed by atoms with Crippen LogP contribution in [0, 0.1) is 11.8 Å². The van der Waals surface area contributed by atoms with Crippen molar-refractivity contribution in [3.63, 3.8) is 0 Å². The van der Waals surface area contributed by atoms with Crippen LogP contribution in [0.15, 0.2) is 11.8 Å². The molecule has 0 aliphatic heterocycles. The van der Waals surface area contributed by atoms with Crippen LogP contribution in [0.3, 0.4) is 0 Å². The molecule has 70 valence electrons. The molecule has 0 radical (unpaired) electrons. The highest BCUT2D eigenvalue weighted by molar-refractivity contribution is 6.01. The largest absolute Gasteiger partial charge is 0.515 e. The van der Waals surface area contributed by atoms with Gasteiger partial charge < -0.3 is 5.11 Å². The Kier molecular flexibility index (Phi) is 1.94. The lowest BCUT2D eigenvalue weighted by molar-refractivity contribution is -0.131. The minimum atomic E-state index is -0.00477. The molecule has 0 aromatic carbocycles. The summed E-state index contributed by atoms with van der Waals surface area (Å²) >= 11 is 0. The smallest absolute Gasteiger partial charge is 0.165 e. The van der Waals surface area contributed by atoms with Gasteiger partial charge in [-0.15, -0.1) is 0 Å². The van der Waals surface area contributed by atoms with Crippen molar-refractivity contribution in [3.8, 4) is 0 Å². The molecule has 2 bridgehead atoms. The monoisotopic (exact) mass is 180 g/mol. The van der Waals surface area contributed by atoms with Crippen LogP contribution in [-0.4, -0.2) is 16.7 Å². The number of fused-ring (bicyclic) bond motifs is 2. The van der Waals surface area contributed by atoms with E-state index in [1.54, 1.807) is 0 Å². The lowest BCUT2D eigenvalue weighted by Crippen LogP contribution is -2.36. The average Bonchev–Trinajstić information content (AvgIpc) is 2.15. The summed E-state index contributed by atoms with van der Waals surface area (Å²) in [5, 5.41) is 8.81. The number of Topliss-reactive ketones (excluding diaryl/α,β-unsaturated/α-hetero) is 2. The first-order valence-corrected chi connectivity index (χ1v) is 4.62. The molecule has 0 spiro atoms. The highest BCUT2D eigenvalue weighted by Crippen LogP contribution is 2.37. The van der Waals surface area contributed by atoms with E-state index in [0.29, 0.717) is 31.3 Å². The van der Waals surface area contributed by atoms with Crippen molar-refractivity contribution in [2.45, 2.75) is 25.7 Å². The molecule has 3 heteroatoms. The maximum absolute atomic E-state index is 11.5. The maximum atomic E-state index is 11.5. The predicted molar refractivity (Wildman–Crippen MR) is 46.2 cm³/mol. The molecule has 0 saturated heterocycles. The van der Waals surface area contributed by atoms with Gasteiger partial charge in [-0.25, -0.2) is 0 Å². The topological polar surface area (TPSA) is 54.4 Å². The van der Waals surface area contributed by atoms with Gasteiger partial charge in [0.25, 0.3) is 0 Å². The van der Waals surface area contributed by atoms with E-state index in [2.05, 4.69) is 0 Å². The number of aliphatic hydroxyl groups excluding tert-OH is 1. The van der Waals surface area contributed by atoms with E-state index in [0.717, 1.165) is 6.26 Å². The number of hydrogen-bond acceptors (Lipinski definition) is 3. The molecule has 0 aromatic heterocycles. The summed E-state index contributed by atoms with van der Waals surface area (Å²) in [6.07, 6.45) is 3.24. The molecule has 2 aliphatic rings. The first-order valence-electron chi connectivity index (χ1n) is 4.62. The molecule has 2 atom stereocenters. The zero-order valence-corrected chi connectivity index (χ0v) is 7.32. The van der Waals surface area contributed by atoms with Gasteiger partial charge in [0.05, 0.1) is 6.26 Å². The molecule has 13 heavy (non-hydrogen) atoms. The van der Waals surface area contributed by atoms with Crippen LogP contribution < -0.4 is 0 Å². The Morgan fingerprint density at radius 2 is 2.08 bits per heavy atom. The van der Waals surface area contributed by atoms with Gasteiger partial charge in [-0.1, -0.05) is 0 Å². The van der Waals surface area contributed by atoms with E-state index in [-0.39, 0.29) is 23.4 Å². The number of carbonyl (C=O) groups is 2. The number of allylic oxidation sites excluding steroid dienone is 1. The van der Waals surface area contributed by atoms with Gasteiger partial charge in [0.2, 0.25) is 0 Å². The Morgan fingerprint density at radius 3 is 2.77 bits per heavy atom. The fourth-order valence-corrected chi connectivity index (χ4v) is 2.29. The molecular weight excluding hydrogens is 168 g/mol. The SMILES string of the molecule is O=C1CCC2CC1C/C(=C/O)C2=O. The number of rotatable bonds is 0. The number of hydrogen-bond donors (Lipinski definition) is 1. The third-order valence-electron chi connectivity index (χ3n) is 3.07. The Labute approximate surface area is 76.4 Å². The second kappa shape index (κ2) is 2.98. The Balaban J connectivity index is 2.25. The van der Waals surface area contributed by atoms with Gasteiger partial charge in [0.15, 0.2) is 5.78 Å². The summed E-state index contributed by atoms with van der Waals surface area (Å²) in [5.74, 6) is 0.291. The third kappa shape index (κ3) is 1.28. The van der Waals surface area contributed by atoms with Crippen molar-refractivity contribution in [1.29, 1.82) is 0 Å². The molecule has 0 aromatic rings. The molecule has 3 nitrogen and oxygen atoms in total. The van der Waals surface area contributed by atoms with E-state index in [1.807, 2.05) is 0 Å². The van der Waals surface area contributed by atoms with Gasteiger partial charge in [0, 0.05) is 23.8 Å². The van der Waals surface area contributed by atoms with Gasteiger partial charge in [-0.3, -0.25) is 9.59 Å². The van der Waals surface area contributed by atoms with Crippen LogP contribution >= 0.6 is 0 Å². The maximum Gasteiger partial charge on any atom is 0.165 e. The summed E-state index contributed by atoms with van der Waals surface area (Å²) in [6.45, 7) is 0. The first-order chi connectivity index (χ1) is 6.22. The first kappa shape index (κ1) is 8.48. The van der Waals surface area contributed by atoms with Gasteiger partial charge in [-0.05, 0) is 19.3 Å². The Bertz CT molecular complexity index is 291. The van der Waals surface area contributed by atoms with Crippen LogP contribution in [0.2, 0.25) is 0 Å². The van der Waals surface area contributed by atoms with E-state index < -0.39 is 0 Å². The lowest BCUT2D eigenvalue weighted by Gasteiger charge is -2.32. The number of aliphatic hydroxyl groups is 1. The zero-order valence-electron chi connectivity index (χ0n) is 7.32. The summed E-state index contributed by atoms with van der Waals surface area (Å²) < 4.78 is 0. The van der Waals surface area contributed by atoms with Gasteiger partial charge in [-0.2, -0.15) is 0 Å². The minimum Gasteiger partial charge on any atom is -0.515 e. The van der Waals surface area contributed by atoms with Crippen LogP contribution in [0.5, 0.6) is 0 Å². The average molecular weight is 180 g/mol. The van der Waals surface area contributed by atoms with Gasteiger partial charge >= 0.3 is 0 Å². The van der Waals surface area contributed by atoms with Crippen molar-refractivity contribution in [2.75, 3.05) is 0 Å².